The van der Waals surface area contributed by atoms with E-state index in [0.29, 0.717) is 25.7 Å². The first-order chi connectivity index (χ1) is 47.2. The minimum absolute atomic E-state index is 0.108. The van der Waals surface area contributed by atoms with Crippen molar-refractivity contribution in [1.82, 2.24) is 0 Å². The van der Waals surface area contributed by atoms with Crippen LogP contribution in [0.4, 0.5) is 0 Å². The van der Waals surface area contributed by atoms with Gasteiger partial charge in [-0.25, -0.2) is 9.13 Å². The highest BCUT2D eigenvalue weighted by Gasteiger charge is 2.30. The van der Waals surface area contributed by atoms with Crippen LogP contribution in [0, 0.1) is 0 Å². The second kappa shape index (κ2) is 72.4. The zero-order chi connectivity index (χ0) is 71.1. The molecule has 5 atom stereocenters. The highest BCUT2D eigenvalue weighted by atomic mass is 31.2. The smallest absolute Gasteiger partial charge is 0.462 e. The molecular weight excluding hydrogens is 1270 g/mol. The van der Waals surface area contributed by atoms with E-state index in [9.17, 15) is 43.2 Å². The van der Waals surface area contributed by atoms with Crippen molar-refractivity contribution in [3.8, 4) is 0 Å². The summed E-state index contributed by atoms with van der Waals surface area (Å²) in [5.41, 5.74) is 0. The minimum Gasteiger partial charge on any atom is -0.462 e. The zero-order valence-electron chi connectivity index (χ0n) is 63.1. The van der Waals surface area contributed by atoms with Crippen LogP contribution < -0.4 is 0 Å². The van der Waals surface area contributed by atoms with Crippen LogP contribution in [0.3, 0.4) is 0 Å². The molecular formula is C78H152O17P2. The molecule has 0 saturated carbocycles. The van der Waals surface area contributed by atoms with Crippen molar-refractivity contribution in [2.24, 2.45) is 0 Å². The predicted octanol–water partition coefficient (Wildman–Crippen LogP) is 23.4. The quantitative estimate of drug-likeness (QED) is 0.0222. The Kier molecular flexibility index (Phi) is 71.0. The van der Waals surface area contributed by atoms with E-state index >= 15 is 0 Å². The number of carbonyl (C=O) groups is 4. The number of ether oxygens (including phenoxy) is 4. The third-order valence-electron chi connectivity index (χ3n) is 18.4. The molecule has 2 unspecified atom stereocenters. The molecule has 576 valence electrons. The summed E-state index contributed by atoms with van der Waals surface area (Å²) in [6.45, 7) is 4.92. The summed E-state index contributed by atoms with van der Waals surface area (Å²) >= 11 is 0. The number of hydrogen-bond acceptors (Lipinski definition) is 15. The van der Waals surface area contributed by atoms with Gasteiger partial charge in [0.1, 0.15) is 19.3 Å². The molecule has 0 amide bonds. The average molecular weight is 1420 g/mol. The molecule has 17 nitrogen and oxygen atoms in total. The maximum absolute atomic E-state index is 13.1. The third-order valence-corrected chi connectivity index (χ3v) is 20.3. The fraction of sp³-hybridized carbons (Fsp3) is 0.949. The van der Waals surface area contributed by atoms with E-state index in [1.807, 2.05) is 0 Å². The summed E-state index contributed by atoms with van der Waals surface area (Å²) < 4.78 is 68.4. The van der Waals surface area contributed by atoms with Gasteiger partial charge in [0.2, 0.25) is 0 Å². The highest BCUT2D eigenvalue weighted by Crippen LogP contribution is 2.45. The van der Waals surface area contributed by atoms with Gasteiger partial charge in [0, 0.05) is 25.7 Å². The Balaban J connectivity index is 5.12. The van der Waals surface area contributed by atoms with Crippen molar-refractivity contribution in [3.05, 3.63) is 0 Å². The number of carbonyl (C=O) groups excluding carboxylic acids is 4. The first-order valence-electron chi connectivity index (χ1n) is 40.8. The van der Waals surface area contributed by atoms with Crippen LogP contribution in [0.5, 0.6) is 0 Å². The number of unbranched alkanes of at least 4 members (excludes halogenated alkanes) is 53. The Morgan fingerprint density at radius 2 is 0.412 bits per heavy atom. The maximum atomic E-state index is 13.1. The van der Waals surface area contributed by atoms with Crippen LogP contribution in [0.15, 0.2) is 0 Å². The molecule has 0 aliphatic rings. The number of esters is 4. The number of phosphoric acid groups is 2. The predicted molar refractivity (Wildman–Crippen MR) is 395 cm³/mol. The van der Waals surface area contributed by atoms with E-state index in [0.717, 1.165) is 96.3 Å². The number of phosphoric ester groups is 2. The van der Waals surface area contributed by atoms with E-state index in [2.05, 4.69) is 27.7 Å². The highest BCUT2D eigenvalue weighted by molar-refractivity contribution is 7.47. The molecule has 3 N–H and O–H groups in total. The molecule has 19 heteroatoms. The van der Waals surface area contributed by atoms with Gasteiger partial charge in [-0.3, -0.25) is 37.3 Å². The first kappa shape index (κ1) is 95.1. The van der Waals surface area contributed by atoms with Crippen molar-refractivity contribution in [3.63, 3.8) is 0 Å². The van der Waals surface area contributed by atoms with Crippen molar-refractivity contribution < 1.29 is 80.2 Å². The van der Waals surface area contributed by atoms with Crippen LogP contribution >= 0.6 is 15.6 Å². The first-order valence-corrected chi connectivity index (χ1v) is 43.8. The molecule has 0 aliphatic carbocycles. The van der Waals surface area contributed by atoms with Gasteiger partial charge in [0.25, 0.3) is 0 Å². The molecule has 0 aromatic carbocycles. The maximum Gasteiger partial charge on any atom is 0.472 e. The fourth-order valence-electron chi connectivity index (χ4n) is 12.1. The van der Waals surface area contributed by atoms with Crippen LogP contribution in [-0.4, -0.2) is 96.7 Å². The summed E-state index contributed by atoms with van der Waals surface area (Å²) in [6, 6.07) is 0. The second-order valence-corrected chi connectivity index (χ2v) is 31.0. The van der Waals surface area contributed by atoms with E-state index in [4.69, 9.17) is 37.0 Å². The van der Waals surface area contributed by atoms with Gasteiger partial charge < -0.3 is 33.8 Å². The van der Waals surface area contributed by atoms with Crippen LogP contribution in [0.2, 0.25) is 0 Å². The van der Waals surface area contributed by atoms with E-state index in [-0.39, 0.29) is 25.7 Å². The van der Waals surface area contributed by atoms with Crippen LogP contribution in [-0.2, 0) is 65.4 Å². The van der Waals surface area contributed by atoms with Gasteiger partial charge in [-0.05, 0) is 25.7 Å². The van der Waals surface area contributed by atoms with E-state index in [1.165, 1.54) is 244 Å². The lowest BCUT2D eigenvalue weighted by molar-refractivity contribution is -0.161. The van der Waals surface area contributed by atoms with Crippen molar-refractivity contribution in [1.29, 1.82) is 0 Å². The summed E-state index contributed by atoms with van der Waals surface area (Å²) in [6.07, 6.45) is 64.2. The number of aliphatic hydroxyl groups is 1. The molecule has 0 aliphatic heterocycles. The second-order valence-electron chi connectivity index (χ2n) is 28.1. The van der Waals surface area contributed by atoms with E-state index < -0.39 is 97.5 Å². The zero-order valence-corrected chi connectivity index (χ0v) is 64.8. The summed E-state index contributed by atoms with van der Waals surface area (Å²) in [4.78, 5) is 72.6. The Morgan fingerprint density at radius 3 is 0.608 bits per heavy atom. The summed E-state index contributed by atoms with van der Waals surface area (Å²) in [5, 5.41) is 10.6. The molecule has 0 bridgehead atoms. The van der Waals surface area contributed by atoms with Gasteiger partial charge in [-0.2, -0.15) is 0 Å². The molecule has 0 radical (unpaired) electrons. The number of hydrogen-bond donors (Lipinski definition) is 3. The minimum atomic E-state index is -4.96. The Morgan fingerprint density at radius 1 is 0.247 bits per heavy atom. The van der Waals surface area contributed by atoms with Gasteiger partial charge in [-0.15, -0.1) is 0 Å². The summed E-state index contributed by atoms with van der Waals surface area (Å²) in [5.74, 6) is -2.12. The summed E-state index contributed by atoms with van der Waals surface area (Å²) in [7, 11) is -9.90. The molecule has 0 rings (SSSR count). The number of rotatable bonds is 79. The largest absolute Gasteiger partial charge is 0.472 e. The molecule has 0 aromatic rings. The molecule has 0 spiro atoms. The van der Waals surface area contributed by atoms with Crippen molar-refractivity contribution in [2.75, 3.05) is 39.6 Å². The Labute approximate surface area is 594 Å². The lowest BCUT2D eigenvalue weighted by Gasteiger charge is -2.21. The SMILES string of the molecule is CCCCCCCCCCCCCCCCCCCCC(=O)O[C@H](COC(=O)CCCCCCCCCCCCCCCCCCC)COP(=O)(O)OC[C@@H](O)COP(=O)(O)OC[C@@H](COC(=O)CCCCCCC)OC(=O)CCCCCCCCCCCCCCCCCCC. The molecule has 0 heterocycles. The third kappa shape index (κ3) is 72.2. The standard InChI is InChI=1S/C78H152O17P2/c1-5-9-13-17-20-23-26-29-32-35-38-41-44-47-50-53-57-61-65-78(83)95-74(69-89-76(81)63-59-55-51-48-45-42-39-36-33-30-27-24-21-18-14-10-6-2)71-93-97(86,87)91-67-72(79)66-90-96(84,85)92-70-73(68-88-75(80)62-58-54-16-12-8-4)94-77(82)64-60-56-52-49-46-43-40-37-34-31-28-25-22-19-15-11-7-3/h72-74,79H,5-71H2,1-4H3,(H,84,85)(H,86,87)/t72-,73+,74+/m0/s1. The van der Waals surface area contributed by atoms with Crippen LogP contribution in [0.25, 0.3) is 0 Å². The van der Waals surface area contributed by atoms with Gasteiger partial charge in [0.05, 0.1) is 26.4 Å². The Hall–Kier alpha value is -1.94. The topological polar surface area (TPSA) is 237 Å². The van der Waals surface area contributed by atoms with Gasteiger partial charge in [-0.1, -0.05) is 368 Å². The lowest BCUT2D eigenvalue weighted by atomic mass is 10.0. The van der Waals surface area contributed by atoms with Crippen molar-refractivity contribution in [2.45, 2.75) is 438 Å². The normalized spacial score (nSPS) is 13.8. The van der Waals surface area contributed by atoms with E-state index in [1.54, 1.807) is 0 Å². The van der Waals surface area contributed by atoms with Crippen LogP contribution in [0.1, 0.15) is 419 Å². The molecule has 97 heavy (non-hydrogen) atoms. The molecule has 0 aromatic heterocycles. The molecule has 0 fully saturated rings. The number of aliphatic hydroxyl groups excluding tert-OH is 1. The average Bonchev–Trinajstić information content (AvgIpc) is 2.43. The Bertz CT molecular complexity index is 1840. The van der Waals surface area contributed by atoms with Gasteiger partial charge >= 0.3 is 39.5 Å². The van der Waals surface area contributed by atoms with Gasteiger partial charge in [0.15, 0.2) is 12.2 Å². The molecule has 0 saturated heterocycles. The fourth-order valence-corrected chi connectivity index (χ4v) is 13.7. The lowest BCUT2D eigenvalue weighted by Crippen LogP contribution is -2.30. The van der Waals surface area contributed by atoms with Crippen molar-refractivity contribution >= 4 is 39.5 Å². The monoisotopic (exact) mass is 1420 g/mol.